The van der Waals surface area contributed by atoms with Gasteiger partial charge in [-0.15, -0.1) is 0 Å². The maximum Gasteiger partial charge on any atom is 0.249 e. The summed E-state index contributed by atoms with van der Waals surface area (Å²) >= 11 is 0. The Hall–Kier alpha value is -1.93. The minimum Gasteiger partial charge on any atom is -0.394 e. The molecular formula is C54H99NO10. The number of allylic oxidation sites excluding steroid dienone is 8. The minimum absolute atomic E-state index is 0.238. The van der Waals surface area contributed by atoms with Crippen molar-refractivity contribution in [2.75, 3.05) is 13.2 Å². The summed E-state index contributed by atoms with van der Waals surface area (Å²) in [6.45, 7) is 3.39. The van der Waals surface area contributed by atoms with Crippen LogP contribution in [0, 0.1) is 0 Å². The summed E-state index contributed by atoms with van der Waals surface area (Å²) in [5.74, 6) is -0.717. The molecule has 0 aliphatic carbocycles. The molecule has 0 radical (unpaired) electrons. The van der Waals surface area contributed by atoms with Gasteiger partial charge in [-0.25, -0.2) is 0 Å². The van der Waals surface area contributed by atoms with Crippen molar-refractivity contribution in [2.45, 2.75) is 274 Å². The highest BCUT2D eigenvalue weighted by atomic mass is 16.7. The number of nitrogens with one attached hydrogen (secondary N) is 1. The summed E-state index contributed by atoms with van der Waals surface area (Å²) in [5, 5.41) is 75.8. The van der Waals surface area contributed by atoms with Gasteiger partial charge in [-0.2, -0.15) is 0 Å². The third-order valence-corrected chi connectivity index (χ3v) is 12.6. The van der Waals surface area contributed by atoms with E-state index in [2.05, 4.69) is 67.8 Å². The van der Waals surface area contributed by atoms with Crippen LogP contribution >= 0.6 is 0 Å². The van der Waals surface area contributed by atoms with E-state index in [4.69, 9.17) is 9.47 Å². The van der Waals surface area contributed by atoms with E-state index in [1.165, 1.54) is 109 Å². The van der Waals surface area contributed by atoms with Gasteiger partial charge in [0.15, 0.2) is 6.29 Å². The summed E-state index contributed by atoms with van der Waals surface area (Å²) < 4.78 is 11.1. The summed E-state index contributed by atoms with van der Waals surface area (Å²) in [6.07, 6.45) is 41.6. The molecular weight excluding hydrogens is 823 g/mol. The molecule has 0 spiro atoms. The fraction of sp³-hybridized carbons (Fsp3) is 0.833. The van der Waals surface area contributed by atoms with Crippen LogP contribution in [0.25, 0.3) is 0 Å². The van der Waals surface area contributed by atoms with Gasteiger partial charge in [-0.05, 0) is 83.5 Å². The lowest BCUT2D eigenvalue weighted by atomic mass is 9.98. The number of hydrogen-bond donors (Lipinski definition) is 8. The highest BCUT2D eigenvalue weighted by Crippen LogP contribution is 2.23. The van der Waals surface area contributed by atoms with Crippen molar-refractivity contribution in [1.29, 1.82) is 0 Å². The Morgan fingerprint density at radius 1 is 0.523 bits per heavy atom. The minimum atomic E-state index is -1.67. The number of ether oxygens (including phenoxy) is 2. The largest absolute Gasteiger partial charge is 0.394 e. The number of rotatable bonds is 44. The lowest BCUT2D eigenvalue weighted by Crippen LogP contribution is -2.60. The molecule has 9 unspecified atom stereocenters. The molecule has 9 atom stereocenters. The van der Waals surface area contributed by atoms with Gasteiger partial charge < -0.3 is 50.5 Å². The highest BCUT2D eigenvalue weighted by molar-refractivity contribution is 5.80. The number of amides is 1. The van der Waals surface area contributed by atoms with E-state index in [9.17, 15) is 40.5 Å². The van der Waals surface area contributed by atoms with Crippen LogP contribution in [0.5, 0.6) is 0 Å². The zero-order valence-electron chi connectivity index (χ0n) is 41.2. The van der Waals surface area contributed by atoms with Crippen molar-refractivity contribution in [3.63, 3.8) is 0 Å². The molecule has 0 aromatic rings. The second-order valence-electron chi connectivity index (χ2n) is 18.6. The monoisotopic (exact) mass is 922 g/mol. The van der Waals surface area contributed by atoms with Crippen molar-refractivity contribution in [1.82, 2.24) is 5.32 Å². The first kappa shape index (κ1) is 61.1. The molecule has 380 valence electrons. The maximum absolute atomic E-state index is 13.1. The molecule has 11 nitrogen and oxygen atoms in total. The highest BCUT2D eigenvalue weighted by Gasteiger charge is 2.44. The Labute approximate surface area is 396 Å². The van der Waals surface area contributed by atoms with Crippen LogP contribution in [-0.4, -0.2) is 110 Å². The lowest BCUT2D eigenvalue weighted by Gasteiger charge is -2.40. The molecule has 1 aliphatic heterocycles. The number of aliphatic hydroxyl groups is 7. The van der Waals surface area contributed by atoms with Gasteiger partial charge in [-0.1, -0.05) is 184 Å². The number of aliphatic hydroxyl groups excluding tert-OH is 7. The summed E-state index contributed by atoms with van der Waals surface area (Å²) in [7, 11) is 0. The smallest absolute Gasteiger partial charge is 0.249 e. The molecule has 0 aromatic carbocycles. The predicted molar refractivity (Wildman–Crippen MR) is 265 cm³/mol. The maximum atomic E-state index is 13.1. The molecule has 8 N–H and O–H groups in total. The quantitative estimate of drug-likeness (QED) is 0.0216. The average Bonchev–Trinajstić information content (AvgIpc) is 3.31. The van der Waals surface area contributed by atoms with Crippen LogP contribution in [0.2, 0.25) is 0 Å². The Morgan fingerprint density at radius 2 is 0.938 bits per heavy atom. The van der Waals surface area contributed by atoms with E-state index < -0.39 is 74.2 Å². The van der Waals surface area contributed by atoms with Gasteiger partial charge in [0.05, 0.1) is 25.4 Å². The third kappa shape index (κ3) is 32.5. The van der Waals surface area contributed by atoms with Gasteiger partial charge >= 0.3 is 0 Å². The van der Waals surface area contributed by atoms with Crippen LogP contribution in [-0.2, 0) is 14.3 Å². The van der Waals surface area contributed by atoms with Crippen LogP contribution < -0.4 is 5.32 Å². The van der Waals surface area contributed by atoms with E-state index in [1.54, 1.807) is 0 Å². The first-order valence-electron chi connectivity index (χ1n) is 26.5. The fourth-order valence-corrected chi connectivity index (χ4v) is 8.16. The summed E-state index contributed by atoms with van der Waals surface area (Å²) in [5.41, 5.74) is 0. The van der Waals surface area contributed by atoms with Crippen LogP contribution in [0.3, 0.4) is 0 Å². The second-order valence-corrected chi connectivity index (χ2v) is 18.6. The van der Waals surface area contributed by atoms with E-state index in [0.29, 0.717) is 19.3 Å². The third-order valence-electron chi connectivity index (χ3n) is 12.6. The summed E-state index contributed by atoms with van der Waals surface area (Å²) in [6, 6.07) is -1.20. The second kappa shape index (κ2) is 43.4. The Balaban J connectivity index is 2.38. The van der Waals surface area contributed by atoms with Gasteiger partial charge in [-0.3, -0.25) is 4.79 Å². The van der Waals surface area contributed by atoms with E-state index >= 15 is 0 Å². The van der Waals surface area contributed by atoms with E-state index in [1.807, 2.05) is 0 Å². The van der Waals surface area contributed by atoms with Crippen molar-refractivity contribution >= 4 is 5.91 Å². The zero-order chi connectivity index (χ0) is 47.6. The van der Waals surface area contributed by atoms with Crippen LogP contribution in [0.4, 0.5) is 0 Å². The first-order valence-corrected chi connectivity index (χ1v) is 26.5. The van der Waals surface area contributed by atoms with Crippen molar-refractivity contribution in [3.8, 4) is 0 Å². The lowest BCUT2D eigenvalue weighted by molar-refractivity contribution is -0.303. The van der Waals surface area contributed by atoms with E-state index in [0.717, 1.165) is 64.2 Å². The molecule has 1 fully saturated rings. The molecule has 65 heavy (non-hydrogen) atoms. The SMILES string of the molecule is CCCC/C=C/CC/C=C/CC/C=C/CCCC(O)C(O)C(COC1OC(CO)C(O)C(O)C1O)NC(=O)C(O)CCCCCCCCC/C=C\CCCCCCCCCCCCCC. The van der Waals surface area contributed by atoms with Gasteiger partial charge in [0.2, 0.25) is 5.91 Å². The molecule has 1 saturated heterocycles. The Kier molecular flexibility index (Phi) is 40.7. The van der Waals surface area contributed by atoms with Crippen LogP contribution in [0.1, 0.15) is 219 Å². The average molecular weight is 922 g/mol. The van der Waals surface area contributed by atoms with Crippen molar-refractivity contribution < 1.29 is 50.0 Å². The normalized spacial score (nSPS) is 21.3. The molecule has 0 bridgehead atoms. The number of hydrogen-bond acceptors (Lipinski definition) is 10. The number of carbonyl (C=O) groups is 1. The summed E-state index contributed by atoms with van der Waals surface area (Å²) in [4.78, 5) is 13.1. The molecule has 11 heteroatoms. The standard InChI is InChI=1S/C54H99NO10/c1-3-5-7-9-11-13-15-17-19-20-21-22-23-24-25-26-28-30-32-34-36-38-40-42-47(58)53(63)55-45(44-64-54-52(62)51(61)50(60)48(43-56)65-54)49(59)46(57)41-39-37-35-33-31-29-27-18-16-14-12-10-8-6-4-2/h10,12,18,24-25,27,33,35,45-52,54,56-62H,3-9,11,13-17,19-23,26,28-32,34,36-44H2,1-2H3,(H,55,63)/b12-10+,25-24-,27-18+,35-33+. The number of carbonyl (C=O) groups excluding carboxylic acids is 1. The molecule has 0 aromatic heterocycles. The molecule has 1 amide bonds. The molecule has 1 heterocycles. The van der Waals surface area contributed by atoms with E-state index in [-0.39, 0.29) is 12.8 Å². The first-order chi connectivity index (χ1) is 31.7. The molecule has 0 saturated carbocycles. The van der Waals surface area contributed by atoms with Gasteiger partial charge in [0.1, 0.15) is 36.6 Å². The predicted octanol–water partition coefficient (Wildman–Crippen LogP) is 10.1. The van der Waals surface area contributed by atoms with Crippen molar-refractivity contribution in [3.05, 3.63) is 48.6 Å². The zero-order valence-corrected chi connectivity index (χ0v) is 41.2. The topological polar surface area (TPSA) is 189 Å². The Morgan fingerprint density at radius 3 is 1.42 bits per heavy atom. The van der Waals surface area contributed by atoms with Crippen molar-refractivity contribution in [2.24, 2.45) is 0 Å². The molecule has 1 aliphatic rings. The fourth-order valence-electron chi connectivity index (χ4n) is 8.16. The Bertz CT molecular complexity index is 1190. The van der Waals surface area contributed by atoms with Crippen LogP contribution in [0.15, 0.2) is 48.6 Å². The van der Waals surface area contributed by atoms with Gasteiger partial charge in [0.25, 0.3) is 0 Å². The number of unbranched alkanes of at least 4 members (excludes halogenated alkanes) is 24. The molecule has 1 rings (SSSR count). The van der Waals surface area contributed by atoms with Gasteiger partial charge in [0, 0.05) is 0 Å².